The van der Waals surface area contributed by atoms with Gasteiger partial charge < -0.3 is 4.90 Å². The van der Waals surface area contributed by atoms with Crippen LogP contribution in [0.25, 0.3) is 0 Å². The predicted octanol–water partition coefficient (Wildman–Crippen LogP) is 3.93. The van der Waals surface area contributed by atoms with Crippen molar-refractivity contribution in [2.45, 2.75) is 17.9 Å². The molecule has 2 aromatic carbocycles. The number of nitrogens with zero attached hydrogens (tertiary/aromatic N) is 3. The number of para-hydroxylation sites is 1. The first-order chi connectivity index (χ1) is 13.2. The molecule has 4 heteroatoms. The molecule has 0 bridgehead atoms. The normalized spacial score (nSPS) is 23.6. The summed E-state index contributed by atoms with van der Waals surface area (Å²) in [6.45, 7) is 0. The summed E-state index contributed by atoms with van der Waals surface area (Å²) in [7, 11) is 1.84. The number of hydrogen-bond acceptors (Lipinski definition) is 3. The molecule has 3 aromatic rings. The van der Waals surface area contributed by atoms with E-state index >= 15 is 0 Å². The number of fused-ring (bicyclic) bond motifs is 2. The van der Waals surface area contributed by atoms with E-state index in [-0.39, 0.29) is 11.8 Å². The van der Waals surface area contributed by atoms with Crippen molar-refractivity contribution in [3.63, 3.8) is 0 Å². The fourth-order valence-electron chi connectivity index (χ4n) is 4.43. The van der Waals surface area contributed by atoms with Crippen LogP contribution in [-0.4, -0.2) is 23.7 Å². The molecule has 0 N–H and O–H groups in total. The van der Waals surface area contributed by atoms with Crippen molar-refractivity contribution in [2.75, 3.05) is 11.9 Å². The molecule has 2 aliphatic heterocycles. The molecule has 0 saturated heterocycles. The van der Waals surface area contributed by atoms with Gasteiger partial charge in [-0.3, -0.25) is 14.8 Å². The molecule has 0 radical (unpaired) electrons. The van der Waals surface area contributed by atoms with Gasteiger partial charge in [0.05, 0.1) is 11.4 Å². The van der Waals surface area contributed by atoms with Gasteiger partial charge in [0.2, 0.25) is 0 Å². The van der Waals surface area contributed by atoms with Crippen LogP contribution in [0.4, 0.5) is 5.69 Å². The number of benzene rings is 2. The van der Waals surface area contributed by atoms with E-state index in [4.69, 9.17) is 4.99 Å². The molecule has 5 rings (SSSR count). The number of aliphatic imine (C=N–C) groups is 1. The summed E-state index contributed by atoms with van der Waals surface area (Å²) in [4.78, 5) is 24.9. The lowest BCUT2D eigenvalue weighted by Gasteiger charge is -2.28. The zero-order valence-corrected chi connectivity index (χ0v) is 15.0. The third-order valence-electron chi connectivity index (χ3n) is 5.68. The highest BCUT2D eigenvalue weighted by molar-refractivity contribution is 6.13. The van der Waals surface area contributed by atoms with E-state index in [1.165, 1.54) is 0 Å². The van der Waals surface area contributed by atoms with Gasteiger partial charge in [-0.2, -0.15) is 0 Å². The van der Waals surface area contributed by atoms with Gasteiger partial charge in [0.15, 0.2) is 5.54 Å². The van der Waals surface area contributed by atoms with Gasteiger partial charge in [-0.05, 0) is 23.8 Å². The predicted molar refractivity (Wildman–Crippen MR) is 106 cm³/mol. The van der Waals surface area contributed by atoms with Gasteiger partial charge >= 0.3 is 0 Å². The van der Waals surface area contributed by atoms with Crippen molar-refractivity contribution >= 4 is 17.3 Å². The first-order valence-electron chi connectivity index (χ1n) is 9.14. The van der Waals surface area contributed by atoms with E-state index in [0.717, 1.165) is 28.2 Å². The molecule has 2 aliphatic rings. The number of pyridine rings is 1. The van der Waals surface area contributed by atoms with Crippen LogP contribution in [0.2, 0.25) is 0 Å². The Morgan fingerprint density at radius 1 is 0.963 bits per heavy atom. The Balaban J connectivity index is 1.76. The largest absolute Gasteiger partial charge is 0.313 e. The number of carbonyl (C=O) groups is 1. The SMILES string of the molecule is CN1C(=O)C2(N=C(c3ccccn3)CC2c2ccccc2)c2ccccc21. The van der Waals surface area contributed by atoms with Gasteiger partial charge in [0.1, 0.15) is 0 Å². The van der Waals surface area contributed by atoms with Crippen molar-refractivity contribution < 1.29 is 4.79 Å². The minimum absolute atomic E-state index is 0.0310. The Labute approximate surface area is 158 Å². The second-order valence-electron chi connectivity index (χ2n) is 7.09. The zero-order chi connectivity index (χ0) is 18.4. The first-order valence-corrected chi connectivity index (χ1v) is 9.14. The molecule has 132 valence electrons. The van der Waals surface area contributed by atoms with Crippen LogP contribution >= 0.6 is 0 Å². The average Bonchev–Trinajstić information content (AvgIpc) is 3.24. The minimum atomic E-state index is -0.917. The molecule has 1 spiro atoms. The molecule has 0 aliphatic carbocycles. The standard InChI is InChI=1S/C23H19N3O/c1-26-21-13-6-5-11-17(21)23(22(26)27)18(16-9-3-2-4-10-16)15-20(25-23)19-12-7-8-14-24-19/h2-14,18H,15H2,1H3. The van der Waals surface area contributed by atoms with E-state index < -0.39 is 5.54 Å². The lowest BCUT2D eigenvalue weighted by molar-refractivity contribution is -0.123. The Kier molecular flexibility index (Phi) is 3.47. The highest BCUT2D eigenvalue weighted by atomic mass is 16.2. The summed E-state index contributed by atoms with van der Waals surface area (Å²) < 4.78 is 0. The molecule has 0 saturated carbocycles. The van der Waals surface area contributed by atoms with Crippen LogP contribution in [0.5, 0.6) is 0 Å². The summed E-state index contributed by atoms with van der Waals surface area (Å²) >= 11 is 0. The lowest BCUT2D eigenvalue weighted by Crippen LogP contribution is -2.39. The summed E-state index contributed by atoms with van der Waals surface area (Å²) in [6.07, 6.45) is 2.46. The lowest BCUT2D eigenvalue weighted by atomic mass is 9.75. The number of aromatic nitrogens is 1. The topological polar surface area (TPSA) is 45.6 Å². The Hall–Kier alpha value is -3.27. The minimum Gasteiger partial charge on any atom is -0.313 e. The van der Waals surface area contributed by atoms with Crippen LogP contribution in [0, 0.1) is 0 Å². The second-order valence-corrected chi connectivity index (χ2v) is 7.09. The van der Waals surface area contributed by atoms with Crippen molar-refractivity contribution in [1.29, 1.82) is 0 Å². The molecule has 1 amide bonds. The van der Waals surface area contributed by atoms with E-state index in [9.17, 15) is 4.79 Å². The molecule has 2 atom stereocenters. The highest BCUT2D eigenvalue weighted by Crippen LogP contribution is 2.55. The zero-order valence-electron chi connectivity index (χ0n) is 15.0. The maximum Gasteiger partial charge on any atom is 0.260 e. The highest BCUT2D eigenvalue weighted by Gasteiger charge is 2.58. The quantitative estimate of drug-likeness (QED) is 0.701. The number of anilines is 1. The van der Waals surface area contributed by atoms with E-state index in [1.807, 2.05) is 67.7 Å². The molecular weight excluding hydrogens is 334 g/mol. The van der Waals surface area contributed by atoms with Crippen LogP contribution in [0.3, 0.4) is 0 Å². The van der Waals surface area contributed by atoms with Crippen molar-refractivity contribution in [3.05, 3.63) is 95.8 Å². The maximum atomic E-state index is 13.5. The van der Waals surface area contributed by atoms with E-state index in [2.05, 4.69) is 17.1 Å². The van der Waals surface area contributed by atoms with Gasteiger partial charge in [0, 0.05) is 36.8 Å². The Bertz CT molecular complexity index is 1050. The van der Waals surface area contributed by atoms with Crippen LogP contribution < -0.4 is 4.90 Å². The number of likely N-dealkylation sites (N-methyl/N-ethyl adjacent to an activating group) is 1. The molecule has 0 fully saturated rings. The van der Waals surface area contributed by atoms with Gasteiger partial charge in [-0.15, -0.1) is 0 Å². The molecule has 1 aromatic heterocycles. The summed E-state index contributed by atoms with van der Waals surface area (Å²) in [5.74, 6) is -0.0159. The van der Waals surface area contributed by atoms with E-state index in [0.29, 0.717) is 6.42 Å². The third-order valence-corrected chi connectivity index (χ3v) is 5.68. The molecule has 27 heavy (non-hydrogen) atoms. The van der Waals surface area contributed by atoms with Gasteiger partial charge in [0.25, 0.3) is 5.91 Å². The summed E-state index contributed by atoms with van der Waals surface area (Å²) in [5.41, 5.74) is 3.87. The average molecular weight is 353 g/mol. The molecular formula is C23H19N3O. The fraction of sp³-hybridized carbons (Fsp3) is 0.174. The number of amides is 1. The third kappa shape index (κ3) is 2.19. The first kappa shape index (κ1) is 15.9. The number of rotatable bonds is 2. The molecule has 2 unspecified atom stereocenters. The number of carbonyl (C=O) groups excluding carboxylic acids is 1. The summed E-state index contributed by atoms with van der Waals surface area (Å²) in [6, 6.07) is 24.1. The molecule has 4 nitrogen and oxygen atoms in total. The van der Waals surface area contributed by atoms with Crippen LogP contribution in [0.15, 0.2) is 84.0 Å². The number of hydrogen-bond donors (Lipinski definition) is 0. The summed E-state index contributed by atoms with van der Waals surface area (Å²) in [5, 5.41) is 0. The van der Waals surface area contributed by atoms with Crippen molar-refractivity contribution in [1.82, 2.24) is 4.98 Å². The van der Waals surface area contributed by atoms with Crippen LogP contribution in [0.1, 0.15) is 29.2 Å². The fourth-order valence-corrected chi connectivity index (χ4v) is 4.43. The van der Waals surface area contributed by atoms with E-state index in [1.54, 1.807) is 11.1 Å². The second kappa shape index (κ2) is 5.88. The maximum absolute atomic E-state index is 13.5. The Morgan fingerprint density at radius 3 is 2.48 bits per heavy atom. The van der Waals surface area contributed by atoms with Gasteiger partial charge in [-0.1, -0.05) is 54.6 Å². The molecule has 3 heterocycles. The van der Waals surface area contributed by atoms with Crippen molar-refractivity contribution in [2.24, 2.45) is 4.99 Å². The monoisotopic (exact) mass is 353 g/mol. The smallest absolute Gasteiger partial charge is 0.260 e. The van der Waals surface area contributed by atoms with Crippen molar-refractivity contribution in [3.8, 4) is 0 Å². The Morgan fingerprint density at radius 2 is 1.70 bits per heavy atom. The van der Waals surface area contributed by atoms with Gasteiger partial charge in [-0.25, -0.2) is 0 Å². The van der Waals surface area contributed by atoms with Crippen LogP contribution in [-0.2, 0) is 10.3 Å².